The van der Waals surface area contributed by atoms with Gasteiger partial charge in [0.1, 0.15) is 18.9 Å². The Morgan fingerprint density at radius 2 is 2.00 bits per heavy atom. The zero-order chi connectivity index (χ0) is 20.3. The van der Waals surface area contributed by atoms with E-state index in [0.29, 0.717) is 11.8 Å². The van der Waals surface area contributed by atoms with Crippen LogP contribution in [0.15, 0.2) is 6.07 Å². The number of amides is 1. The van der Waals surface area contributed by atoms with Gasteiger partial charge >= 0.3 is 0 Å². The number of quaternary nitrogens is 1. The summed E-state index contributed by atoms with van der Waals surface area (Å²) in [6.07, 6.45) is 3.21. The maximum Gasteiger partial charge on any atom is 0.225 e. The third-order valence-corrected chi connectivity index (χ3v) is 7.46. The minimum absolute atomic E-state index is 0.109. The Morgan fingerprint density at radius 3 is 2.68 bits per heavy atom. The lowest BCUT2D eigenvalue weighted by atomic mass is 9.74. The Labute approximate surface area is 175 Å². The van der Waals surface area contributed by atoms with Crippen molar-refractivity contribution in [1.82, 2.24) is 4.90 Å². The molecule has 0 unspecified atom stereocenters. The zero-order valence-corrected chi connectivity index (χ0v) is 19.1. The fraction of sp³-hybridized carbons (Fsp3) is 0.696. The first-order chi connectivity index (χ1) is 13.4. The minimum atomic E-state index is 0.109. The van der Waals surface area contributed by atoms with Gasteiger partial charge in [0, 0.05) is 30.5 Å². The van der Waals surface area contributed by atoms with E-state index in [2.05, 4.69) is 45.8 Å². The van der Waals surface area contributed by atoms with Crippen LogP contribution in [0.5, 0.6) is 5.75 Å². The van der Waals surface area contributed by atoms with Gasteiger partial charge in [-0.05, 0) is 67.3 Å². The number of nitrogens with zero attached hydrogens (tertiary/aromatic N) is 1. The number of ether oxygens (including phenoxy) is 1. The molecule has 2 atom stereocenters. The highest BCUT2D eigenvalue weighted by atomic mass is 32.2. The Bertz CT molecular complexity index is 698. The molecule has 1 fully saturated rings. The van der Waals surface area contributed by atoms with Gasteiger partial charge in [-0.15, -0.1) is 0 Å². The second-order valence-corrected chi connectivity index (χ2v) is 10.0. The summed E-state index contributed by atoms with van der Waals surface area (Å²) in [7, 11) is 4.30. The van der Waals surface area contributed by atoms with Crippen LogP contribution in [0.2, 0.25) is 0 Å². The summed E-state index contributed by atoms with van der Waals surface area (Å²) in [4.78, 5) is 16.5. The predicted octanol–water partition coefficient (Wildman–Crippen LogP) is 2.14. The largest absolute Gasteiger partial charge is 0.487 e. The van der Waals surface area contributed by atoms with Crippen molar-refractivity contribution in [2.45, 2.75) is 40.0 Å². The van der Waals surface area contributed by atoms with Crippen molar-refractivity contribution >= 4 is 17.7 Å². The van der Waals surface area contributed by atoms with Crippen molar-refractivity contribution in [2.75, 3.05) is 51.8 Å². The number of carbonyl (C=O) groups excluding carboxylic acids is 1. The van der Waals surface area contributed by atoms with Gasteiger partial charge in [-0.1, -0.05) is 6.92 Å². The highest BCUT2D eigenvalue weighted by Crippen LogP contribution is 2.38. The maximum absolute atomic E-state index is 13.0. The quantitative estimate of drug-likeness (QED) is 0.787. The van der Waals surface area contributed by atoms with E-state index < -0.39 is 0 Å². The smallest absolute Gasteiger partial charge is 0.225 e. The molecule has 3 rings (SSSR count). The number of thioether (sulfide) groups is 1. The van der Waals surface area contributed by atoms with Crippen LogP contribution in [-0.2, 0) is 17.6 Å². The lowest BCUT2D eigenvalue weighted by molar-refractivity contribution is -0.858. The zero-order valence-electron chi connectivity index (χ0n) is 18.3. The summed E-state index contributed by atoms with van der Waals surface area (Å²) >= 11 is 1.96. The molecule has 5 heteroatoms. The van der Waals surface area contributed by atoms with Crippen LogP contribution < -0.4 is 9.64 Å². The van der Waals surface area contributed by atoms with Gasteiger partial charge in [0.15, 0.2) is 0 Å². The average Bonchev–Trinajstić information content (AvgIpc) is 2.70. The second-order valence-electron chi connectivity index (χ2n) is 8.81. The lowest BCUT2D eigenvalue weighted by Gasteiger charge is -2.35. The standard InChI is InChI=1S/C23H36N2O2S/c1-16-14-22(27-11-8-24(4)5)18(3)21-15-19(6-7-20(16)21)17(2)23(26)25-9-12-28-13-10-25/h14,17,19H,6-13,15H2,1-5H3/p+1/t17-,19+/m0/s1. The van der Waals surface area contributed by atoms with Gasteiger partial charge in [0.25, 0.3) is 0 Å². The number of hydrogen-bond acceptors (Lipinski definition) is 3. The van der Waals surface area contributed by atoms with Gasteiger partial charge in [0.2, 0.25) is 5.91 Å². The number of fused-ring (bicyclic) bond motifs is 1. The van der Waals surface area contributed by atoms with E-state index in [0.717, 1.165) is 62.8 Å². The number of rotatable bonds is 6. The van der Waals surface area contributed by atoms with Crippen molar-refractivity contribution < 1.29 is 14.4 Å². The number of benzene rings is 1. The van der Waals surface area contributed by atoms with E-state index >= 15 is 0 Å². The van der Waals surface area contributed by atoms with Crippen molar-refractivity contribution in [2.24, 2.45) is 11.8 Å². The summed E-state index contributed by atoms with van der Waals surface area (Å²) in [6.45, 7) is 10.1. The van der Waals surface area contributed by atoms with E-state index in [1.165, 1.54) is 27.2 Å². The van der Waals surface area contributed by atoms with Gasteiger partial charge in [-0.2, -0.15) is 11.8 Å². The fourth-order valence-electron chi connectivity index (χ4n) is 4.54. The first-order valence-corrected chi connectivity index (χ1v) is 11.9. The third kappa shape index (κ3) is 4.85. The first-order valence-electron chi connectivity index (χ1n) is 10.8. The van der Waals surface area contributed by atoms with Gasteiger partial charge in [0.05, 0.1) is 14.1 Å². The number of likely N-dealkylation sites (N-methyl/N-ethyl adjacent to an activating group) is 1. The summed E-state index contributed by atoms with van der Waals surface area (Å²) < 4.78 is 6.13. The molecule has 1 amide bonds. The van der Waals surface area contributed by atoms with E-state index in [4.69, 9.17) is 4.74 Å². The fourth-order valence-corrected chi connectivity index (χ4v) is 5.44. The number of hydrogen-bond donors (Lipinski definition) is 1. The minimum Gasteiger partial charge on any atom is -0.487 e. The molecule has 1 aromatic carbocycles. The average molecular weight is 406 g/mol. The van der Waals surface area contributed by atoms with Gasteiger partial charge in [-0.3, -0.25) is 4.79 Å². The molecule has 1 aromatic rings. The van der Waals surface area contributed by atoms with Crippen molar-refractivity contribution in [3.05, 3.63) is 28.3 Å². The van der Waals surface area contributed by atoms with Crippen LogP contribution in [-0.4, -0.2) is 62.6 Å². The Kier molecular flexibility index (Phi) is 7.32. The topological polar surface area (TPSA) is 34.0 Å². The molecule has 28 heavy (non-hydrogen) atoms. The molecule has 156 valence electrons. The molecule has 0 spiro atoms. The molecule has 4 nitrogen and oxygen atoms in total. The third-order valence-electron chi connectivity index (χ3n) is 6.52. The Balaban J connectivity index is 1.73. The molecular weight excluding hydrogens is 368 g/mol. The van der Waals surface area contributed by atoms with Crippen LogP contribution in [0.4, 0.5) is 0 Å². The van der Waals surface area contributed by atoms with Gasteiger partial charge in [-0.25, -0.2) is 0 Å². The molecular formula is C23H37N2O2S+. The number of nitrogens with one attached hydrogen (secondary N) is 1. The second kappa shape index (κ2) is 9.53. The van der Waals surface area contributed by atoms with Crippen molar-refractivity contribution in [3.63, 3.8) is 0 Å². The monoisotopic (exact) mass is 405 g/mol. The molecule has 0 radical (unpaired) electrons. The van der Waals surface area contributed by atoms with Crippen molar-refractivity contribution in [3.8, 4) is 5.75 Å². The van der Waals surface area contributed by atoms with Crippen LogP contribution in [0.1, 0.15) is 35.6 Å². The van der Waals surface area contributed by atoms with Crippen molar-refractivity contribution in [1.29, 1.82) is 0 Å². The molecule has 2 aliphatic rings. The number of aryl methyl sites for hydroxylation is 1. The van der Waals surface area contributed by atoms with E-state index in [1.807, 2.05) is 11.8 Å². The molecule has 1 heterocycles. The molecule has 1 aliphatic heterocycles. The first kappa shape index (κ1) is 21.5. The lowest BCUT2D eigenvalue weighted by Crippen LogP contribution is -3.06. The van der Waals surface area contributed by atoms with E-state index in [1.54, 1.807) is 0 Å². The van der Waals surface area contributed by atoms with E-state index in [9.17, 15) is 4.79 Å². The molecule has 1 saturated heterocycles. The predicted molar refractivity (Wildman–Crippen MR) is 118 cm³/mol. The summed E-state index contributed by atoms with van der Waals surface area (Å²) in [6, 6.07) is 2.22. The van der Waals surface area contributed by atoms with Crippen LogP contribution in [0, 0.1) is 25.7 Å². The highest BCUT2D eigenvalue weighted by molar-refractivity contribution is 7.99. The Hall–Kier alpha value is -1.20. The molecule has 1 aliphatic carbocycles. The normalized spacial score (nSPS) is 20.8. The number of carbonyl (C=O) groups is 1. The molecule has 1 N–H and O–H groups in total. The molecule has 0 bridgehead atoms. The summed E-state index contributed by atoms with van der Waals surface area (Å²) in [5, 5.41) is 0. The highest BCUT2D eigenvalue weighted by Gasteiger charge is 2.32. The summed E-state index contributed by atoms with van der Waals surface area (Å²) in [5.74, 6) is 4.11. The maximum atomic E-state index is 13.0. The van der Waals surface area contributed by atoms with Gasteiger partial charge < -0.3 is 14.5 Å². The van der Waals surface area contributed by atoms with Crippen LogP contribution in [0.3, 0.4) is 0 Å². The molecule has 0 aromatic heterocycles. The van der Waals surface area contributed by atoms with E-state index in [-0.39, 0.29) is 5.92 Å². The van der Waals surface area contributed by atoms with Crippen LogP contribution >= 0.6 is 11.8 Å². The SMILES string of the molecule is Cc1cc(OCC[NH+](C)C)c(C)c2c1CC[C@@H]([C@H](C)C(=O)N1CCSCC1)C2. The summed E-state index contributed by atoms with van der Waals surface area (Å²) in [5.41, 5.74) is 5.57. The Morgan fingerprint density at radius 1 is 1.29 bits per heavy atom. The molecule has 0 saturated carbocycles. The van der Waals surface area contributed by atoms with Crippen LogP contribution in [0.25, 0.3) is 0 Å².